The van der Waals surface area contributed by atoms with Gasteiger partial charge in [-0.25, -0.2) is 22.6 Å². The number of benzene rings is 2. The molecule has 0 bridgehead atoms. The number of nitrogens with zero attached hydrogens (tertiary/aromatic N) is 3. The number of hydrogen-bond donors (Lipinski definition) is 2. The van der Waals surface area contributed by atoms with Crippen molar-refractivity contribution in [1.29, 1.82) is 0 Å². The number of aromatic carboxylic acids is 1. The number of pyridine rings is 1. The summed E-state index contributed by atoms with van der Waals surface area (Å²) >= 11 is 0. The maximum atomic E-state index is 13.7. The number of carbonyl (C=O) groups is 1. The summed E-state index contributed by atoms with van der Waals surface area (Å²) in [6.07, 6.45) is 1.13. The summed E-state index contributed by atoms with van der Waals surface area (Å²) in [7, 11) is -4.08. The lowest BCUT2D eigenvalue weighted by Gasteiger charge is -2.39. The van der Waals surface area contributed by atoms with Crippen LogP contribution in [0.4, 0.5) is 15.9 Å². The third kappa shape index (κ3) is 6.02. The third-order valence-corrected chi connectivity index (χ3v) is 8.31. The standard InChI is InChI=1S/C27H33FN4O4S/c1-17(2)13-19(4)31-9-11-32(12-10-31)26-16-23(27(33)34)22-15-21(7-8-24(22)29-26)30-37(35,36)25-14-20(28)6-5-18(25)3/h5-8,14-17,19,30H,9-13H2,1-4H3,(H,33,34). The summed E-state index contributed by atoms with van der Waals surface area (Å²) < 4.78 is 41.9. The Kier molecular flexibility index (Phi) is 7.70. The first-order chi connectivity index (χ1) is 17.4. The molecule has 1 aromatic heterocycles. The minimum absolute atomic E-state index is 0.0404. The number of sulfonamides is 1. The maximum Gasteiger partial charge on any atom is 0.336 e. The topological polar surface area (TPSA) is 103 Å². The van der Waals surface area contributed by atoms with Crippen LogP contribution in [0.5, 0.6) is 0 Å². The van der Waals surface area contributed by atoms with E-state index in [0.717, 1.165) is 38.7 Å². The van der Waals surface area contributed by atoms with E-state index in [2.05, 4.69) is 35.3 Å². The van der Waals surface area contributed by atoms with Gasteiger partial charge in [0.05, 0.1) is 16.0 Å². The smallest absolute Gasteiger partial charge is 0.336 e. The Morgan fingerprint density at radius 1 is 1.08 bits per heavy atom. The zero-order valence-corrected chi connectivity index (χ0v) is 22.3. The number of halogens is 1. The Morgan fingerprint density at radius 3 is 2.43 bits per heavy atom. The third-order valence-electron chi connectivity index (χ3n) is 6.79. The van der Waals surface area contributed by atoms with Crippen LogP contribution in [-0.2, 0) is 10.0 Å². The molecule has 2 aromatic carbocycles. The van der Waals surface area contributed by atoms with Crippen LogP contribution in [0.3, 0.4) is 0 Å². The van der Waals surface area contributed by atoms with Crippen molar-refractivity contribution in [3.8, 4) is 0 Å². The second-order valence-electron chi connectivity index (χ2n) is 10.1. The lowest BCUT2D eigenvalue weighted by molar-refractivity contribution is 0.0699. The summed E-state index contributed by atoms with van der Waals surface area (Å²) in [5.41, 5.74) is 1.06. The van der Waals surface area contributed by atoms with Crippen LogP contribution in [0.25, 0.3) is 10.9 Å². The van der Waals surface area contributed by atoms with Crippen molar-refractivity contribution in [1.82, 2.24) is 9.88 Å². The lowest BCUT2D eigenvalue weighted by Crippen LogP contribution is -2.50. The molecule has 10 heteroatoms. The van der Waals surface area contributed by atoms with Crippen LogP contribution < -0.4 is 9.62 Å². The highest BCUT2D eigenvalue weighted by molar-refractivity contribution is 7.92. The number of fused-ring (bicyclic) bond motifs is 1. The highest BCUT2D eigenvalue weighted by atomic mass is 32.2. The Morgan fingerprint density at radius 2 is 1.78 bits per heavy atom. The number of hydrogen-bond acceptors (Lipinski definition) is 6. The van der Waals surface area contributed by atoms with Crippen LogP contribution in [0.2, 0.25) is 0 Å². The predicted molar refractivity (Wildman–Crippen MR) is 143 cm³/mol. The predicted octanol–water partition coefficient (Wildman–Crippen LogP) is 4.74. The van der Waals surface area contributed by atoms with Gasteiger partial charge in [0.2, 0.25) is 0 Å². The van der Waals surface area contributed by atoms with Gasteiger partial charge in [-0.2, -0.15) is 0 Å². The quantitative estimate of drug-likeness (QED) is 0.435. The van der Waals surface area contributed by atoms with Crippen molar-refractivity contribution in [2.24, 2.45) is 5.92 Å². The number of nitrogens with one attached hydrogen (secondary N) is 1. The highest BCUT2D eigenvalue weighted by Gasteiger charge is 2.24. The number of anilines is 2. The molecule has 1 atom stereocenters. The van der Waals surface area contributed by atoms with Crippen molar-refractivity contribution < 1.29 is 22.7 Å². The summed E-state index contributed by atoms with van der Waals surface area (Å²) in [6, 6.07) is 10.2. The number of piperazine rings is 1. The SMILES string of the molecule is Cc1ccc(F)cc1S(=O)(=O)Nc1ccc2nc(N3CCN(C(C)CC(C)C)CC3)cc(C(=O)O)c2c1. The fourth-order valence-electron chi connectivity index (χ4n) is 4.91. The largest absolute Gasteiger partial charge is 0.478 e. The van der Waals surface area contributed by atoms with E-state index < -0.39 is 21.8 Å². The molecule has 1 fully saturated rings. The van der Waals surface area contributed by atoms with E-state index in [1.165, 1.54) is 24.3 Å². The molecule has 0 aliphatic carbocycles. The van der Waals surface area contributed by atoms with Gasteiger partial charge in [-0.1, -0.05) is 19.9 Å². The molecule has 2 N–H and O–H groups in total. The van der Waals surface area contributed by atoms with Gasteiger partial charge >= 0.3 is 5.97 Å². The first kappa shape index (κ1) is 26.8. The average Bonchev–Trinajstić information content (AvgIpc) is 2.84. The van der Waals surface area contributed by atoms with Crippen molar-refractivity contribution in [3.63, 3.8) is 0 Å². The Balaban J connectivity index is 1.60. The van der Waals surface area contributed by atoms with Gasteiger partial charge in [-0.05, 0) is 68.1 Å². The zero-order chi connectivity index (χ0) is 26.9. The first-order valence-corrected chi connectivity index (χ1v) is 13.9. The molecule has 1 aliphatic heterocycles. The van der Waals surface area contributed by atoms with Crippen molar-refractivity contribution >= 4 is 38.4 Å². The van der Waals surface area contributed by atoms with Crippen LogP contribution in [-0.4, -0.2) is 61.6 Å². The zero-order valence-electron chi connectivity index (χ0n) is 21.5. The second kappa shape index (κ2) is 10.6. The van der Waals surface area contributed by atoms with E-state index in [-0.39, 0.29) is 16.1 Å². The van der Waals surface area contributed by atoms with E-state index in [1.54, 1.807) is 19.1 Å². The molecule has 0 radical (unpaired) electrons. The fourth-order valence-corrected chi connectivity index (χ4v) is 6.22. The van der Waals surface area contributed by atoms with E-state index >= 15 is 0 Å². The summed E-state index contributed by atoms with van der Waals surface area (Å²) in [6.45, 7) is 11.5. The van der Waals surface area contributed by atoms with Gasteiger partial charge in [0, 0.05) is 43.3 Å². The molecular formula is C27H33FN4O4S. The van der Waals surface area contributed by atoms with Crippen LogP contribution >= 0.6 is 0 Å². The Labute approximate surface area is 217 Å². The molecule has 37 heavy (non-hydrogen) atoms. The van der Waals surface area contributed by atoms with E-state index in [0.29, 0.717) is 34.2 Å². The van der Waals surface area contributed by atoms with Gasteiger partial charge in [0.15, 0.2) is 0 Å². The molecule has 198 valence electrons. The van der Waals surface area contributed by atoms with Crippen LogP contribution in [0.15, 0.2) is 47.4 Å². The summed E-state index contributed by atoms with van der Waals surface area (Å²) in [5.74, 6) is -0.575. The molecule has 1 unspecified atom stereocenters. The molecule has 0 spiro atoms. The van der Waals surface area contributed by atoms with Crippen molar-refractivity contribution in [2.45, 2.75) is 45.1 Å². The van der Waals surface area contributed by atoms with E-state index in [4.69, 9.17) is 4.98 Å². The monoisotopic (exact) mass is 528 g/mol. The van der Waals surface area contributed by atoms with E-state index in [1.807, 2.05) is 0 Å². The number of carboxylic acids is 1. The second-order valence-corrected chi connectivity index (χ2v) is 11.7. The van der Waals surface area contributed by atoms with Crippen LogP contribution in [0.1, 0.15) is 43.1 Å². The Bertz CT molecular complexity index is 1420. The minimum atomic E-state index is -4.08. The number of carboxylic acid groups (broad SMARTS) is 1. The molecule has 2 heterocycles. The molecule has 8 nitrogen and oxygen atoms in total. The summed E-state index contributed by atoms with van der Waals surface area (Å²) in [5, 5.41) is 10.3. The van der Waals surface area contributed by atoms with E-state index in [9.17, 15) is 22.7 Å². The Hall–Kier alpha value is -3.24. The lowest BCUT2D eigenvalue weighted by atomic mass is 10.0. The number of aromatic nitrogens is 1. The van der Waals surface area contributed by atoms with Crippen LogP contribution in [0, 0.1) is 18.7 Å². The minimum Gasteiger partial charge on any atom is -0.478 e. The maximum absolute atomic E-state index is 13.7. The van der Waals surface area contributed by atoms with Gasteiger partial charge in [0.25, 0.3) is 10.0 Å². The first-order valence-electron chi connectivity index (χ1n) is 12.4. The summed E-state index contributed by atoms with van der Waals surface area (Å²) in [4.78, 5) is 21.2. The van der Waals surface area contributed by atoms with Crippen molar-refractivity contribution in [3.05, 3.63) is 59.4 Å². The highest BCUT2D eigenvalue weighted by Crippen LogP contribution is 2.29. The molecule has 3 aromatic rings. The van der Waals surface area contributed by atoms with Gasteiger partial charge in [0.1, 0.15) is 11.6 Å². The van der Waals surface area contributed by atoms with Gasteiger partial charge < -0.3 is 10.0 Å². The molecule has 0 saturated carbocycles. The molecule has 1 saturated heterocycles. The average molecular weight is 529 g/mol. The van der Waals surface area contributed by atoms with Gasteiger partial charge in [-0.3, -0.25) is 9.62 Å². The molecule has 1 aliphatic rings. The van der Waals surface area contributed by atoms with Crippen molar-refractivity contribution in [2.75, 3.05) is 35.8 Å². The normalized spacial score (nSPS) is 15.8. The molecule has 4 rings (SSSR count). The van der Waals surface area contributed by atoms with Gasteiger partial charge in [-0.15, -0.1) is 0 Å². The number of rotatable bonds is 8. The fraction of sp³-hybridized carbons (Fsp3) is 0.407. The molecule has 0 amide bonds. The number of aryl methyl sites for hydroxylation is 1. The molecular weight excluding hydrogens is 495 g/mol.